The summed E-state index contributed by atoms with van der Waals surface area (Å²) in [6.45, 7) is 8.23. The van der Waals surface area contributed by atoms with Crippen LogP contribution in [0.15, 0.2) is 0 Å². The maximum atomic E-state index is 12.0. The van der Waals surface area contributed by atoms with Crippen LogP contribution >= 0.6 is 0 Å². The Bertz CT molecular complexity index is 343. The molecule has 1 aliphatic carbocycles. The first-order valence-electron chi connectivity index (χ1n) is 7.70. The highest BCUT2D eigenvalue weighted by Crippen LogP contribution is 2.34. The molecule has 1 saturated carbocycles. The van der Waals surface area contributed by atoms with Gasteiger partial charge in [-0.05, 0) is 50.6 Å². The zero-order valence-corrected chi connectivity index (χ0v) is 13.4. The molecular weight excluding hydrogens is 260 g/mol. The topological polar surface area (TPSA) is 58.2 Å². The van der Waals surface area contributed by atoms with Gasteiger partial charge in [0.2, 0.25) is 10.0 Å². The van der Waals surface area contributed by atoms with Crippen molar-refractivity contribution in [2.24, 2.45) is 11.8 Å². The second-order valence-electron chi connectivity index (χ2n) is 5.75. The van der Waals surface area contributed by atoms with Crippen molar-refractivity contribution in [2.75, 3.05) is 18.8 Å². The van der Waals surface area contributed by atoms with Gasteiger partial charge in [-0.25, -0.2) is 13.1 Å². The number of sulfonamides is 1. The number of hydrogen-bond acceptors (Lipinski definition) is 3. The molecule has 3 unspecified atom stereocenters. The van der Waals surface area contributed by atoms with E-state index in [2.05, 4.69) is 30.8 Å². The lowest BCUT2D eigenvalue weighted by Gasteiger charge is -2.20. The third kappa shape index (κ3) is 5.79. The van der Waals surface area contributed by atoms with Crippen molar-refractivity contribution in [3.63, 3.8) is 0 Å². The average Bonchev–Trinajstić information content (AvgIpc) is 2.69. The third-order valence-electron chi connectivity index (χ3n) is 4.28. The molecule has 1 aliphatic rings. The second kappa shape index (κ2) is 8.22. The van der Waals surface area contributed by atoms with Crippen LogP contribution in [-0.2, 0) is 10.0 Å². The van der Waals surface area contributed by atoms with E-state index in [1.54, 1.807) is 0 Å². The molecule has 0 aromatic rings. The van der Waals surface area contributed by atoms with Gasteiger partial charge in [-0.3, -0.25) is 0 Å². The van der Waals surface area contributed by atoms with Gasteiger partial charge >= 0.3 is 0 Å². The zero-order chi connectivity index (χ0) is 14.3. The molecule has 0 aromatic carbocycles. The Morgan fingerprint density at radius 1 is 1.16 bits per heavy atom. The Kier molecular flexibility index (Phi) is 7.32. The normalized spacial score (nSPS) is 27.8. The summed E-state index contributed by atoms with van der Waals surface area (Å²) in [5.74, 6) is 1.39. The molecule has 0 spiro atoms. The van der Waals surface area contributed by atoms with Gasteiger partial charge in [0.15, 0.2) is 0 Å². The summed E-state index contributed by atoms with van der Waals surface area (Å²) in [6.07, 6.45) is 5.08. The molecule has 3 atom stereocenters. The van der Waals surface area contributed by atoms with Crippen LogP contribution in [0.5, 0.6) is 0 Å². The van der Waals surface area contributed by atoms with E-state index < -0.39 is 10.0 Å². The summed E-state index contributed by atoms with van der Waals surface area (Å²) in [7, 11) is -3.11. The molecule has 19 heavy (non-hydrogen) atoms. The quantitative estimate of drug-likeness (QED) is 0.640. The molecule has 0 bridgehead atoms. The van der Waals surface area contributed by atoms with Gasteiger partial charge in [0.1, 0.15) is 0 Å². The van der Waals surface area contributed by atoms with Crippen molar-refractivity contribution in [1.82, 2.24) is 10.0 Å². The Morgan fingerprint density at radius 3 is 2.47 bits per heavy atom. The lowest BCUT2D eigenvalue weighted by atomic mass is 9.94. The smallest absolute Gasteiger partial charge is 0.211 e. The fraction of sp³-hybridized carbons (Fsp3) is 1.00. The molecule has 5 heteroatoms. The van der Waals surface area contributed by atoms with E-state index in [1.165, 1.54) is 0 Å². The van der Waals surface area contributed by atoms with Gasteiger partial charge in [-0.1, -0.05) is 27.2 Å². The van der Waals surface area contributed by atoms with Gasteiger partial charge in [-0.15, -0.1) is 0 Å². The van der Waals surface area contributed by atoms with Crippen molar-refractivity contribution in [2.45, 2.75) is 58.9 Å². The lowest BCUT2D eigenvalue weighted by Crippen LogP contribution is -2.39. The minimum absolute atomic E-state index is 0.151. The van der Waals surface area contributed by atoms with E-state index in [9.17, 15) is 8.42 Å². The molecule has 0 amide bonds. The first-order chi connectivity index (χ1) is 9.00. The highest BCUT2D eigenvalue weighted by molar-refractivity contribution is 7.89. The predicted octanol–water partition coefficient (Wildman–Crippen LogP) is 2.12. The third-order valence-corrected chi connectivity index (χ3v) is 5.76. The summed E-state index contributed by atoms with van der Waals surface area (Å²) < 4.78 is 26.9. The second-order valence-corrected chi connectivity index (χ2v) is 7.63. The molecule has 0 aromatic heterocycles. The van der Waals surface area contributed by atoms with Crippen molar-refractivity contribution >= 4 is 10.0 Å². The molecule has 1 rings (SSSR count). The fourth-order valence-electron chi connectivity index (χ4n) is 2.97. The monoisotopic (exact) mass is 290 g/mol. The van der Waals surface area contributed by atoms with E-state index >= 15 is 0 Å². The van der Waals surface area contributed by atoms with Gasteiger partial charge in [-0.2, -0.15) is 0 Å². The van der Waals surface area contributed by atoms with E-state index in [0.717, 1.165) is 38.8 Å². The van der Waals surface area contributed by atoms with Crippen molar-refractivity contribution in [1.29, 1.82) is 0 Å². The summed E-state index contributed by atoms with van der Waals surface area (Å²) in [4.78, 5) is 0. The van der Waals surface area contributed by atoms with Gasteiger partial charge in [0.25, 0.3) is 0 Å². The molecule has 114 valence electrons. The highest BCUT2D eigenvalue weighted by atomic mass is 32.2. The number of rotatable bonds is 9. The van der Waals surface area contributed by atoms with Crippen LogP contribution in [-0.4, -0.2) is 33.3 Å². The number of nitrogens with one attached hydrogen (secondary N) is 2. The van der Waals surface area contributed by atoms with Crippen LogP contribution in [0.2, 0.25) is 0 Å². The summed E-state index contributed by atoms with van der Waals surface area (Å²) in [6, 6.07) is 0.151. The first-order valence-corrected chi connectivity index (χ1v) is 9.36. The van der Waals surface area contributed by atoms with E-state index in [1.807, 2.05) is 0 Å². The standard InChI is InChI=1S/C14H30N2O2S/c1-4-9-15-10-6-11-19(17,18)16-14-8-7-13(5-2)12(14)3/h12-16H,4-11H2,1-3H3. The largest absolute Gasteiger partial charge is 0.317 e. The van der Waals surface area contributed by atoms with Crippen LogP contribution in [0, 0.1) is 11.8 Å². The van der Waals surface area contributed by atoms with Crippen molar-refractivity contribution in [3.8, 4) is 0 Å². The highest BCUT2D eigenvalue weighted by Gasteiger charge is 2.33. The Labute approximate surface area is 118 Å². The minimum atomic E-state index is -3.11. The maximum Gasteiger partial charge on any atom is 0.211 e. The lowest BCUT2D eigenvalue weighted by molar-refractivity contribution is 0.368. The SMILES string of the molecule is CCCNCCCS(=O)(=O)NC1CCC(CC)C1C. The average molecular weight is 290 g/mol. The molecule has 0 saturated heterocycles. The molecule has 4 nitrogen and oxygen atoms in total. The Morgan fingerprint density at radius 2 is 1.89 bits per heavy atom. The maximum absolute atomic E-state index is 12.0. The number of hydrogen-bond donors (Lipinski definition) is 2. The van der Waals surface area contributed by atoms with Gasteiger partial charge in [0.05, 0.1) is 5.75 Å². The van der Waals surface area contributed by atoms with Gasteiger partial charge < -0.3 is 5.32 Å². The molecule has 0 aliphatic heterocycles. The minimum Gasteiger partial charge on any atom is -0.317 e. The van der Waals surface area contributed by atoms with E-state index in [-0.39, 0.29) is 11.8 Å². The summed E-state index contributed by atoms with van der Waals surface area (Å²) in [5, 5.41) is 3.23. The van der Waals surface area contributed by atoms with Crippen LogP contribution in [0.4, 0.5) is 0 Å². The van der Waals surface area contributed by atoms with Crippen LogP contribution in [0.3, 0.4) is 0 Å². The molecule has 0 radical (unpaired) electrons. The van der Waals surface area contributed by atoms with Crippen molar-refractivity contribution < 1.29 is 8.42 Å². The molecular formula is C14H30N2O2S. The Hall–Kier alpha value is -0.130. The van der Waals surface area contributed by atoms with E-state index in [4.69, 9.17) is 0 Å². The molecule has 2 N–H and O–H groups in total. The van der Waals surface area contributed by atoms with Gasteiger partial charge in [0, 0.05) is 6.04 Å². The van der Waals surface area contributed by atoms with Crippen molar-refractivity contribution in [3.05, 3.63) is 0 Å². The fourth-order valence-corrected chi connectivity index (χ4v) is 4.40. The molecule has 0 heterocycles. The van der Waals surface area contributed by atoms with E-state index in [0.29, 0.717) is 18.3 Å². The Balaban J connectivity index is 2.30. The first kappa shape index (κ1) is 16.9. The summed E-state index contributed by atoms with van der Waals surface area (Å²) in [5.41, 5.74) is 0. The zero-order valence-electron chi connectivity index (χ0n) is 12.6. The van der Waals surface area contributed by atoms with Crippen LogP contribution < -0.4 is 10.0 Å². The molecule has 1 fully saturated rings. The van der Waals surface area contributed by atoms with Crippen LogP contribution in [0.1, 0.15) is 52.9 Å². The predicted molar refractivity (Wildman–Crippen MR) is 80.7 cm³/mol. The summed E-state index contributed by atoms with van der Waals surface area (Å²) >= 11 is 0. The van der Waals surface area contributed by atoms with Crippen LogP contribution in [0.25, 0.3) is 0 Å².